The van der Waals surface area contributed by atoms with Gasteiger partial charge in [-0.2, -0.15) is 0 Å². The summed E-state index contributed by atoms with van der Waals surface area (Å²) in [5.74, 6) is 0.601. The van der Waals surface area contributed by atoms with Crippen LogP contribution in [0.5, 0.6) is 5.75 Å². The van der Waals surface area contributed by atoms with Crippen LogP contribution in [0.2, 0.25) is 5.02 Å². The molecule has 2 aromatic carbocycles. The predicted octanol–water partition coefficient (Wildman–Crippen LogP) is 4.15. The van der Waals surface area contributed by atoms with Gasteiger partial charge in [-0.3, -0.25) is 9.59 Å². The molecule has 0 fully saturated rings. The summed E-state index contributed by atoms with van der Waals surface area (Å²) in [4.78, 5) is 24.0. The minimum absolute atomic E-state index is 0.144. The number of thioether (sulfide) groups is 1. The Hall–Kier alpha value is -2.18. The number of benzene rings is 2. The van der Waals surface area contributed by atoms with Gasteiger partial charge in [-0.05, 0) is 42.8 Å². The van der Waals surface area contributed by atoms with Crippen LogP contribution in [0.25, 0.3) is 0 Å². The fraction of sp³-hybridized carbons (Fsp3) is 0.263. The summed E-state index contributed by atoms with van der Waals surface area (Å²) in [6, 6.07) is 14.4. The molecule has 5 nitrogen and oxygen atoms in total. The van der Waals surface area contributed by atoms with Crippen LogP contribution >= 0.6 is 23.4 Å². The lowest BCUT2D eigenvalue weighted by molar-refractivity contribution is -0.150. The summed E-state index contributed by atoms with van der Waals surface area (Å²) in [5.41, 5.74) is 1.56. The van der Waals surface area contributed by atoms with E-state index in [1.807, 2.05) is 18.2 Å². The number of methoxy groups -OCH3 is 1. The second-order valence-corrected chi connectivity index (χ2v) is 6.83. The minimum atomic E-state index is -0.884. The normalized spacial score (nSPS) is 11.5. The molecule has 0 aliphatic heterocycles. The third kappa shape index (κ3) is 6.28. The summed E-state index contributed by atoms with van der Waals surface area (Å²) >= 11 is 7.46. The summed E-state index contributed by atoms with van der Waals surface area (Å²) in [6.45, 7) is 1.54. The third-order valence-electron chi connectivity index (χ3n) is 3.47. The first-order valence-corrected chi connectivity index (χ1v) is 9.48. The molecule has 0 aliphatic carbocycles. The molecule has 1 atom stereocenters. The van der Waals surface area contributed by atoms with Crippen molar-refractivity contribution >= 4 is 40.9 Å². The van der Waals surface area contributed by atoms with Crippen LogP contribution in [0.4, 0.5) is 5.69 Å². The Labute approximate surface area is 162 Å². The van der Waals surface area contributed by atoms with Gasteiger partial charge in [-0.1, -0.05) is 29.8 Å². The van der Waals surface area contributed by atoms with E-state index in [2.05, 4.69) is 5.32 Å². The van der Waals surface area contributed by atoms with E-state index in [1.54, 1.807) is 37.4 Å². The SMILES string of the molecule is COc1ccc(NC(=O)[C@@H](C)OC(=O)CSCc2ccccc2Cl)cc1. The van der Waals surface area contributed by atoms with Crippen LogP contribution in [0.3, 0.4) is 0 Å². The summed E-state index contributed by atoms with van der Waals surface area (Å²) in [6.07, 6.45) is -0.884. The standard InChI is InChI=1S/C19H20ClNO4S/c1-13(19(23)21-15-7-9-16(24-2)10-8-15)25-18(22)12-26-11-14-5-3-4-6-17(14)20/h3-10,13H,11-12H2,1-2H3,(H,21,23)/t13-/m1/s1. The highest BCUT2D eigenvalue weighted by molar-refractivity contribution is 7.99. The maximum Gasteiger partial charge on any atom is 0.316 e. The number of hydrogen-bond donors (Lipinski definition) is 1. The number of carbonyl (C=O) groups excluding carboxylic acids is 2. The zero-order valence-corrected chi connectivity index (χ0v) is 16.1. The monoisotopic (exact) mass is 393 g/mol. The van der Waals surface area contributed by atoms with Gasteiger partial charge in [0.15, 0.2) is 6.10 Å². The molecule has 0 saturated carbocycles. The average molecular weight is 394 g/mol. The predicted molar refractivity (Wildman–Crippen MR) is 105 cm³/mol. The molecular weight excluding hydrogens is 374 g/mol. The van der Waals surface area contributed by atoms with Gasteiger partial charge in [0.05, 0.1) is 12.9 Å². The van der Waals surface area contributed by atoms with E-state index in [0.717, 1.165) is 5.56 Å². The number of amides is 1. The van der Waals surface area contributed by atoms with E-state index in [9.17, 15) is 9.59 Å². The van der Waals surface area contributed by atoms with Gasteiger partial charge in [0, 0.05) is 16.5 Å². The second-order valence-electron chi connectivity index (χ2n) is 5.43. The highest BCUT2D eigenvalue weighted by Crippen LogP contribution is 2.21. The summed E-state index contributed by atoms with van der Waals surface area (Å²) < 4.78 is 10.2. The third-order valence-corrected chi connectivity index (χ3v) is 4.79. The number of halogens is 1. The molecule has 0 aromatic heterocycles. The molecule has 0 unspecified atom stereocenters. The molecule has 7 heteroatoms. The molecule has 26 heavy (non-hydrogen) atoms. The lowest BCUT2D eigenvalue weighted by atomic mass is 10.2. The molecule has 1 amide bonds. The van der Waals surface area contributed by atoms with E-state index >= 15 is 0 Å². The van der Waals surface area contributed by atoms with Gasteiger partial charge in [0.2, 0.25) is 0 Å². The quantitative estimate of drug-likeness (QED) is 0.682. The first-order chi connectivity index (χ1) is 12.5. The lowest BCUT2D eigenvalue weighted by Crippen LogP contribution is -2.30. The topological polar surface area (TPSA) is 64.6 Å². The Morgan fingerprint density at radius 1 is 1.15 bits per heavy atom. The Balaban J connectivity index is 1.74. The van der Waals surface area contributed by atoms with E-state index in [-0.39, 0.29) is 11.7 Å². The molecule has 0 bridgehead atoms. The zero-order valence-electron chi connectivity index (χ0n) is 14.5. The van der Waals surface area contributed by atoms with Gasteiger partial charge in [-0.15, -0.1) is 11.8 Å². The number of hydrogen-bond acceptors (Lipinski definition) is 5. The van der Waals surface area contributed by atoms with Crippen LogP contribution in [0.1, 0.15) is 12.5 Å². The fourth-order valence-corrected chi connectivity index (χ4v) is 3.15. The minimum Gasteiger partial charge on any atom is -0.497 e. The number of nitrogens with one attached hydrogen (secondary N) is 1. The molecule has 1 N–H and O–H groups in total. The van der Waals surface area contributed by atoms with Crippen molar-refractivity contribution in [2.45, 2.75) is 18.8 Å². The van der Waals surface area contributed by atoms with Crippen molar-refractivity contribution in [1.82, 2.24) is 0 Å². The van der Waals surface area contributed by atoms with Crippen molar-refractivity contribution in [2.24, 2.45) is 0 Å². The van der Waals surface area contributed by atoms with Crippen LogP contribution in [0, 0.1) is 0 Å². The van der Waals surface area contributed by atoms with E-state index in [4.69, 9.17) is 21.1 Å². The van der Waals surface area contributed by atoms with Crippen molar-refractivity contribution in [3.8, 4) is 5.75 Å². The van der Waals surface area contributed by atoms with Crippen molar-refractivity contribution in [2.75, 3.05) is 18.2 Å². The molecule has 0 radical (unpaired) electrons. The van der Waals surface area contributed by atoms with Gasteiger partial charge in [-0.25, -0.2) is 0 Å². The molecule has 138 valence electrons. The highest BCUT2D eigenvalue weighted by atomic mass is 35.5. The van der Waals surface area contributed by atoms with Gasteiger partial charge in [0.1, 0.15) is 5.75 Å². The Bertz CT molecular complexity index is 751. The van der Waals surface area contributed by atoms with E-state index in [0.29, 0.717) is 22.2 Å². The second kappa shape index (κ2) is 10.1. The molecule has 0 saturated heterocycles. The van der Waals surface area contributed by atoms with Crippen LogP contribution in [-0.2, 0) is 20.1 Å². The summed E-state index contributed by atoms with van der Waals surface area (Å²) in [7, 11) is 1.57. The fourth-order valence-electron chi connectivity index (χ4n) is 2.06. The molecule has 0 spiro atoms. The van der Waals surface area contributed by atoms with Gasteiger partial charge >= 0.3 is 5.97 Å². The largest absolute Gasteiger partial charge is 0.497 e. The smallest absolute Gasteiger partial charge is 0.316 e. The van der Waals surface area contributed by atoms with Crippen LogP contribution in [-0.4, -0.2) is 30.8 Å². The van der Waals surface area contributed by atoms with Crippen LogP contribution < -0.4 is 10.1 Å². The maximum absolute atomic E-state index is 12.1. The Morgan fingerprint density at radius 3 is 2.50 bits per heavy atom. The molecule has 2 rings (SSSR count). The molecule has 0 aliphatic rings. The van der Waals surface area contributed by atoms with Gasteiger partial charge < -0.3 is 14.8 Å². The lowest BCUT2D eigenvalue weighted by Gasteiger charge is -2.13. The van der Waals surface area contributed by atoms with E-state index < -0.39 is 12.1 Å². The van der Waals surface area contributed by atoms with Crippen molar-refractivity contribution in [3.63, 3.8) is 0 Å². The van der Waals surface area contributed by atoms with Crippen LogP contribution in [0.15, 0.2) is 48.5 Å². The summed E-state index contributed by atoms with van der Waals surface area (Å²) in [5, 5.41) is 3.36. The highest BCUT2D eigenvalue weighted by Gasteiger charge is 2.18. The Kier molecular flexibility index (Phi) is 7.81. The number of rotatable bonds is 8. The van der Waals surface area contributed by atoms with Gasteiger partial charge in [0.25, 0.3) is 5.91 Å². The molecule has 0 heterocycles. The van der Waals surface area contributed by atoms with Crippen molar-refractivity contribution < 1.29 is 19.1 Å². The number of anilines is 1. The first-order valence-electron chi connectivity index (χ1n) is 7.95. The first kappa shape index (κ1) is 20.1. The number of ether oxygens (including phenoxy) is 2. The number of carbonyl (C=O) groups is 2. The van der Waals surface area contributed by atoms with E-state index in [1.165, 1.54) is 18.7 Å². The molecular formula is C19H20ClNO4S. The van der Waals surface area contributed by atoms with Crippen molar-refractivity contribution in [1.29, 1.82) is 0 Å². The average Bonchev–Trinajstić information content (AvgIpc) is 2.64. The maximum atomic E-state index is 12.1. The van der Waals surface area contributed by atoms with Crippen molar-refractivity contribution in [3.05, 3.63) is 59.1 Å². The Morgan fingerprint density at radius 2 is 1.85 bits per heavy atom. The molecule has 2 aromatic rings. The number of esters is 1. The zero-order chi connectivity index (χ0) is 18.9.